The van der Waals surface area contributed by atoms with Gasteiger partial charge in [0.1, 0.15) is 5.69 Å². The number of aryl methyl sites for hydroxylation is 1. The molecule has 4 nitrogen and oxygen atoms in total. The molecule has 1 aliphatic heterocycles. The Bertz CT molecular complexity index is 438. The van der Waals surface area contributed by atoms with Gasteiger partial charge < -0.3 is 14.8 Å². The lowest BCUT2D eigenvalue weighted by atomic mass is 10.3. The van der Waals surface area contributed by atoms with E-state index in [1.807, 2.05) is 16.8 Å². The van der Waals surface area contributed by atoms with E-state index in [9.17, 15) is 4.79 Å². The van der Waals surface area contributed by atoms with E-state index in [0.29, 0.717) is 0 Å². The zero-order valence-electron chi connectivity index (χ0n) is 12.2. The average Bonchev–Trinajstić information content (AvgIpc) is 3.05. The third kappa shape index (κ3) is 4.35. The summed E-state index contributed by atoms with van der Waals surface area (Å²) in [4.78, 5) is 14.7. The lowest BCUT2D eigenvalue weighted by molar-refractivity contribution is 0.0942. The third-order valence-corrected chi connectivity index (χ3v) is 4.13. The Morgan fingerprint density at radius 3 is 2.80 bits per heavy atom. The van der Waals surface area contributed by atoms with Gasteiger partial charge >= 0.3 is 0 Å². The highest BCUT2D eigenvalue weighted by molar-refractivity contribution is 9.10. The van der Waals surface area contributed by atoms with Crippen molar-refractivity contribution < 1.29 is 4.79 Å². The van der Waals surface area contributed by atoms with Gasteiger partial charge in [-0.3, -0.25) is 4.79 Å². The molecule has 1 saturated heterocycles. The second-order valence-corrected chi connectivity index (χ2v) is 6.31. The van der Waals surface area contributed by atoms with Crippen LogP contribution >= 0.6 is 15.9 Å². The second kappa shape index (κ2) is 7.84. The molecular weight excluding hydrogens is 318 g/mol. The van der Waals surface area contributed by atoms with Gasteiger partial charge in [-0.2, -0.15) is 0 Å². The predicted octanol–water partition coefficient (Wildman–Crippen LogP) is 2.88. The molecule has 1 aromatic rings. The Labute approximate surface area is 129 Å². The van der Waals surface area contributed by atoms with E-state index < -0.39 is 0 Å². The van der Waals surface area contributed by atoms with Gasteiger partial charge in [-0.25, -0.2) is 0 Å². The van der Waals surface area contributed by atoms with E-state index in [1.165, 1.54) is 25.9 Å². The Morgan fingerprint density at radius 1 is 1.35 bits per heavy atom. The number of carbonyl (C=O) groups is 1. The summed E-state index contributed by atoms with van der Waals surface area (Å²) in [6.45, 7) is 7.29. The van der Waals surface area contributed by atoms with E-state index in [-0.39, 0.29) is 5.91 Å². The quantitative estimate of drug-likeness (QED) is 0.774. The molecule has 20 heavy (non-hydrogen) atoms. The van der Waals surface area contributed by atoms with E-state index >= 15 is 0 Å². The van der Waals surface area contributed by atoms with Gasteiger partial charge in [0.2, 0.25) is 0 Å². The number of halogens is 1. The lowest BCUT2D eigenvalue weighted by Gasteiger charge is -2.14. The highest BCUT2D eigenvalue weighted by Gasteiger charge is 2.13. The van der Waals surface area contributed by atoms with E-state index in [0.717, 1.165) is 42.6 Å². The number of nitrogens with one attached hydrogen (secondary N) is 1. The minimum Gasteiger partial charge on any atom is -0.351 e. The molecule has 2 heterocycles. The maximum atomic E-state index is 12.2. The van der Waals surface area contributed by atoms with Crippen molar-refractivity contribution in [3.05, 3.63) is 22.4 Å². The molecule has 0 spiro atoms. The van der Waals surface area contributed by atoms with Crippen LogP contribution in [0.25, 0.3) is 0 Å². The monoisotopic (exact) mass is 341 g/mol. The molecule has 0 aliphatic carbocycles. The third-order valence-electron chi connectivity index (χ3n) is 3.70. The summed E-state index contributed by atoms with van der Waals surface area (Å²) in [5.74, 6) is 0.0329. The molecule has 112 valence electrons. The number of rotatable bonds is 7. The highest BCUT2D eigenvalue weighted by atomic mass is 79.9. The van der Waals surface area contributed by atoms with Crippen molar-refractivity contribution >= 4 is 21.8 Å². The van der Waals surface area contributed by atoms with Crippen molar-refractivity contribution in [3.63, 3.8) is 0 Å². The van der Waals surface area contributed by atoms with Crippen molar-refractivity contribution in [2.75, 3.05) is 26.2 Å². The van der Waals surface area contributed by atoms with Crippen molar-refractivity contribution in [3.8, 4) is 0 Å². The molecule has 0 unspecified atom stereocenters. The van der Waals surface area contributed by atoms with Gasteiger partial charge in [0.25, 0.3) is 5.91 Å². The van der Waals surface area contributed by atoms with E-state index in [1.54, 1.807) is 0 Å². The first-order valence-corrected chi connectivity index (χ1v) is 8.36. The number of aromatic nitrogens is 1. The van der Waals surface area contributed by atoms with Crippen molar-refractivity contribution in [1.29, 1.82) is 0 Å². The molecule has 0 aromatic carbocycles. The molecule has 1 aliphatic rings. The number of hydrogen-bond acceptors (Lipinski definition) is 2. The van der Waals surface area contributed by atoms with E-state index in [4.69, 9.17) is 0 Å². The van der Waals surface area contributed by atoms with Crippen LogP contribution in [-0.2, 0) is 6.54 Å². The van der Waals surface area contributed by atoms with Gasteiger partial charge in [0.05, 0.1) is 0 Å². The smallest absolute Gasteiger partial charge is 0.267 e. The Morgan fingerprint density at radius 2 is 2.10 bits per heavy atom. The molecule has 0 atom stereocenters. The number of likely N-dealkylation sites (tertiary alicyclic amines) is 1. The zero-order chi connectivity index (χ0) is 14.4. The summed E-state index contributed by atoms with van der Waals surface area (Å²) >= 11 is 3.44. The molecule has 0 bridgehead atoms. The largest absolute Gasteiger partial charge is 0.351 e. The predicted molar refractivity (Wildman–Crippen MR) is 85.0 cm³/mol. The maximum Gasteiger partial charge on any atom is 0.267 e. The van der Waals surface area contributed by atoms with Gasteiger partial charge in [-0.1, -0.05) is 6.92 Å². The summed E-state index contributed by atoms with van der Waals surface area (Å²) in [6.07, 6.45) is 6.68. The van der Waals surface area contributed by atoms with Crippen LogP contribution in [0.5, 0.6) is 0 Å². The van der Waals surface area contributed by atoms with Gasteiger partial charge in [-0.15, -0.1) is 0 Å². The van der Waals surface area contributed by atoms with Crippen LogP contribution in [0.3, 0.4) is 0 Å². The molecule has 1 amide bonds. The van der Waals surface area contributed by atoms with Crippen LogP contribution in [0, 0.1) is 0 Å². The molecule has 1 aromatic heterocycles. The number of amides is 1. The van der Waals surface area contributed by atoms with Crippen LogP contribution in [0.2, 0.25) is 0 Å². The summed E-state index contributed by atoms with van der Waals surface area (Å²) < 4.78 is 2.98. The molecule has 2 rings (SSSR count). The minimum absolute atomic E-state index is 0.0329. The van der Waals surface area contributed by atoms with E-state index in [2.05, 4.69) is 33.1 Å². The first-order chi connectivity index (χ1) is 9.70. The van der Waals surface area contributed by atoms with Crippen molar-refractivity contribution in [1.82, 2.24) is 14.8 Å². The first-order valence-electron chi connectivity index (χ1n) is 7.57. The molecule has 1 fully saturated rings. The number of nitrogens with zero attached hydrogens (tertiary/aromatic N) is 2. The summed E-state index contributed by atoms with van der Waals surface area (Å²) in [5.41, 5.74) is 0.750. The van der Waals surface area contributed by atoms with Crippen LogP contribution < -0.4 is 5.32 Å². The molecule has 0 saturated carbocycles. The van der Waals surface area contributed by atoms with Crippen LogP contribution in [0.1, 0.15) is 43.1 Å². The minimum atomic E-state index is 0.0329. The number of carbonyl (C=O) groups excluding carboxylic acids is 1. The Hall–Kier alpha value is -0.810. The molecule has 5 heteroatoms. The highest BCUT2D eigenvalue weighted by Crippen LogP contribution is 2.15. The Balaban J connectivity index is 1.76. The van der Waals surface area contributed by atoms with Gasteiger partial charge in [-0.05, 0) is 67.3 Å². The zero-order valence-corrected chi connectivity index (χ0v) is 13.8. The van der Waals surface area contributed by atoms with Crippen LogP contribution in [-0.4, -0.2) is 41.6 Å². The van der Waals surface area contributed by atoms with Gasteiger partial charge in [0.15, 0.2) is 0 Å². The average molecular weight is 342 g/mol. The molecule has 1 N–H and O–H groups in total. The summed E-state index contributed by atoms with van der Waals surface area (Å²) in [5, 5.41) is 3.03. The maximum absolute atomic E-state index is 12.2. The van der Waals surface area contributed by atoms with Crippen LogP contribution in [0.15, 0.2) is 16.7 Å². The molecule has 0 radical (unpaired) electrons. The second-order valence-electron chi connectivity index (χ2n) is 5.40. The fraction of sp³-hybridized carbons (Fsp3) is 0.667. The Kier molecular flexibility index (Phi) is 6.10. The summed E-state index contributed by atoms with van der Waals surface area (Å²) in [6, 6.07) is 1.89. The van der Waals surface area contributed by atoms with Crippen LogP contribution in [0.4, 0.5) is 0 Å². The standard InChI is InChI=1S/C15H24BrN3O/c1-2-7-19-12-13(16)11-14(19)15(20)17-6-5-10-18-8-3-4-9-18/h11-12H,2-10H2,1H3,(H,17,20). The normalized spacial score (nSPS) is 15.7. The SMILES string of the molecule is CCCn1cc(Br)cc1C(=O)NCCCN1CCCC1. The van der Waals surface area contributed by atoms with Crippen molar-refractivity contribution in [2.24, 2.45) is 0 Å². The van der Waals surface area contributed by atoms with Crippen molar-refractivity contribution in [2.45, 2.75) is 39.2 Å². The fourth-order valence-corrected chi connectivity index (χ4v) is 3.16. The molecular formula is C15H24BrN3O. The summed E-state index contributed by atoms with van der Waals surface area (Å²) in [7, 11) is 0. The topological polar surface area (TPSA) is 37.3 Å². The fourth-order valence-electron chi connectivity index (χ4n) is 2.69. The van der Waals surface area contributed by atoms with Gasteiger partial charge in [0, 0.05) is 23.8 Å². The first kappa shape index (κ1) is 15.6. The lowest BCUT2D eigenvalue weighted by Crippen LogP contribution is -2.29. The number of hydrogen-bond donors (Lipinski definition) is 1.